The lowest BCUT2D eigenvalue weighted by Gasteiger charge is -2.10. The van der Waals surface area contributed by atoms with E-state index in [-0.39, 0.29) is 0 Å². The van der Waals surface area contributed by atoms with Crippen LogP contribution in [0.4, 0.5) is 5.13 Å². The lowest BCUT2D eigenvalue weighted by atomic mass is 9.99. The molecule has 0 aliphatic carbocycles. The number of nitrogens with zero attached hydrogens (tertiary/aromatic N) is 1. The standard InChI is InChI=1S/C18H26N2S/c1-3-4-5-6-9-16-10-7-8-11-17(16)12-13-19-18-20-14-15(2)21-18/h7-8,10-11,14H,3-6,9,12-13H2,1-2H3,(H,19,20). The largest absolute Gasteiger partial charge is 0.361 e. The lowest BCUT2D eigenvalue weighted by molar-refractivity contribution is 0.664. The monoisotopic (exact) mass is 302 g/mol. The first-order valence-corrected chi connectivity index (χ1v) is 8.84. The van der Waals surface area contributed by atoms with Crippen LogP contribution in [0.1, 0.15) is 48.6 Å². The van der Waals surface area contributed by atoms with E-state index in [4.69, 9.17) is 0 Å². The maximum atomic E-state index is 4.35. The van der Waals surface area contributed by atoms with Gasteiger partial charge >= 0.3 is 0 Å². The van der Waals surface area contributed by atoms with Crippen LogP contribution in [0.5, 0.6) is 0 Å². The number of rotatable bonds is 9. The number of aromatic nitrogens is 1. The molecule has 1 heterocycles. The highest BCUT2D eigenvalue weighted by Gasteiger charge is 2.03. The fourth-order valence-corrected chi connectivity index (χ4v) is 3.22. The Morgan fingerprint density at radius 2 is 1.81 bits per heavy atom. The lowest BCUT2D eigenvalue weighted by Crippen LogP contribution is -2.06. The number of unbranched alkanes of at least 4 members (excludes halogenated alkanes) is 3. The molecule has 21 heavy (non-hydrogen) atoms. The van der Waals surface area contributed by atoms with Crippen molar-refractivity contribution in [3.63, 3.8) is 0 Å². The Morgan fingerprint density at radius 3 is 2.48 bits per heavy atom. The minimum atomic E-state index is 0.957. The van der Waals surface area contributed by atoms with Crippen molar-refractivity contribution in [3.05, 3.63) is 46.5 Å². The topological polar surface area (TPSA) is 24.9 Å². The third-order valence-corrected chi connectivity index (χ3v) is 4.58. The van der Waals surface area contributed by atoms with Crippen LogP contribution in [0.15, 0.2) is 30.5 Å². The van der Waals surface area contributed by atoms with Crippen LogP contribution >= 0.6 is 11.3 Å². The Balaban J connectivity index is 1.81. The summed E-state index contributed by atoms with van der Waals surface area (Å²) in [6.07, 6.45) is 9.53. The molecule has 2 rings (SSSR count). The number of aryl methyl sites for hydroxylation is 2. The fraction of sp³-hybridized carbons (Fsp3) is 0.500. The molecule has 2 aromatic rings. The number of hydrogen-bond donors (Lipinski definition) is 1. The molecule has 0 amide bonds. The summed E-state index contributed by atoms with van der Waals surface area (Å²) in [4.78, 5) is 5.61. The van der Waals surface area contributed by atoms with Crippen LogP contribution in [0.2, 0.25) is 0 Å². The van der Waals surface area contributed by atoms with Crippen LogP contribution in [0.25, 0.3) is 0 Å². The van der Waals surface area contributed by atoms with Gasteiger partial charge in [0.25, 0.3) is 0 Å². The molecule has 114 valence electrons. The van der Waals surface area contributed by atoms with Gasteiger partial charge in [-0.3, -0.25) is 0 Å². The summed E-state index contributed by atoms with van der Waals surface area (Å²) < 4.78 is 0. The molecule has 0 atom stereocenters. The average molecular weight is 302 g/mol. The first kappa shape index (κ1) is 16.0. The molecular weight excluding hydrogens is 276 g/mol. The second kappa shape index (κ2) is 8.83. The van der Waals surface area contributed by atoms with Crippen LogP contribution in [-0.4, -0.2) is 11.5 Å². The highest BCUT2D eigenvalue weighted by Crippen LogP contribution is 2.17. The van der Waals surface area contributed by atoms with E-state index in [1.807, 2.05) is 6.20 Å². The van der Waals surface area contributed by atoms with Crippen LogP contribution in [-0.2, 0) is 12.8 Å². The molecule has 2 nitrogen and oxygen atoms in total. The smallest absolute Gasteiger partial charge is 0.182 e. The number of hydrogen-bond acceptors (Lipinski definition) is 3. The summed E-state index contributed by atoms with van der Waals surface area (Å²) in [5, 5.41) is 4.46. The number of anilines is 1. The molecule has 1 aromatic carbocycles. The zero-order valence-corrected chi connectivity index (χ0v) is 14.0. The maximum Gasteiger partial charge on any atom is 0.182 e. The Labute approximate surface area is 132 Å². The van der Waals surface area contributed by atoms with E-state index in [0.717, 1.165) is 18.1 Å². The first-order valence-electron chi connectivity index (χ1n) is 8.02. The predicted molar refractivity (Wildman–Crippen MR) is 93.3 cm³/mol. The van der Waals surface area contributed by atoms with Gasteiger partial charge in [0.05, 0.1) is 0 Å². The van der Waals surface area contributed by atoms with Gasteiger partial charge in [-0.05, 0) is 37.3 Å². The number of thiazole rings is 1. The van der Waals surface area contributed by atoms with Crippen LogP contribution in [0, 0.1) is 6.92 Å². The Morgan fingerprint density at radius 1 is 1.05 bits per heavy atom. The van der Waals surface area contributed by atoms with Crippen LogP contribution in [0.3, 0.4) is 0 Å². The van der Waals surface area contributed by atoms with Gasteiger partial charge in [-0.15, -0.1) is 11.3 Å². The van der Waals surface area contributed by atoms with Crippen molar-refractivity contribution in [2.24, 2.45) is 0 Å². The van der Waals surface area contributed by atoms with Crippen molar-refractivity contribution in [2.75, 3.05) is 11.9 Å². The van der Waals surface area contributed by atoms with Crippen LogP contribution < -0.4 is 5.32 Å². The molecule has 0 radical (unpaired) electrons. The van der Waals surface area contributed by atoms with Crippen molar-refractivity contribution in [2.45, 2.75) is 52.4 Å². The van der Waals surface area contributed by atoms with Gasteiger partial charge in [0.1, 0.15) is 0 Å². The van der Waals surface area contributed by atoms with Gasteiger partial charge in [-0.1, -0.05) is 50.5 Å². The van der Waals surface area contributed by atoms with E-state index >= 15 is 0 Å². The summed E-state index contributed by atoms with van der Waals surface area (Å²) in [6, 6.07) is 8.87. The average Bonchev–Trinajstić information content (AvgIpc) is 2.91. The van der Waals surface area contributed by atoms with Crippen molar-refractivity contribution >= 4 is 16.5 Å². The highest BCUT2D eigenvalue weighted by atomic mass is 32.1. The molecule has 0 aliphatic rings. The molecule has 0 aliphatic heterocycles. The summed E-state index contributed by atoms with van der Waals surface area (Å²) >= 11 is 1.72. The predicted octanol–water partition coefficient (Wildman–Crippen LogP) is 5.23. The van der Waals surface area contributed by atoms with Crippen molar-refractivity contribution < 1.29 is 0 Å². The molecule has 0 unspecified atom stereocenters. The summed E-state index contributed by atoms with van der Waals surface area (Å²) in [5.41, 5.74) is 3.00. The molecule has 0 saturated heterocycles. The molecule has 0 saturated carbocycles. The Bertz CT molecular complexity index is 534. The van der Waals surface area contributed by atoms with E-state index in [9.17, 15) is 0 Å². The minimum absolute atomic E-state index is 0.957. The van der Waals surface area contributed by atoms with Crippen molar-refractivity contribution in [1.29, 1.82) is 0 Å². The quantitative estimate of drug-likeness (QED) is 0.642. The van der Waals surface area contributed by atoms with Gasteiger partial charge in [0, 0.05) is 17.6 Å². The van der Waals surface area contributed by atoms with Crippen molar-refractivity contribution in [3.8, 4) is 0 Å². The van der Waals surface area contributed by atoms with E-state index in [1.54, 1.807) is 11.3 Å². The third kappa shape index (κ3) is 5.50. The summed E-state index contributed by atoms with van der Waals surface area (Å²) in [7, 11) is 0. The molecule has 1 N–H and O–H groups in total. The van der Waals surface area contributed by atoms with Crippen molar-refractivity contribution in [1.82, 2.24) is 4.98 Å². The third-order valence-electron chi connectivity index (χ3n) is 3.71. The van der Waals surface area contributed by atoms with Gasteiger partial charge in [0.15, 0.2) is 5.13 Å². The second-order valence-electron chi connectivity index (χ2n) is 5.53. The zero-order valence-electron chi connectivity index (χ0n) is 13.2. The summed E-state index contributed by atoms with van der Waals surface area (Å²) in [5.74, 6) is 0. The van der Waals surface area contributed by atoms with E-state index in [1.165, 1.54) is 48.1 Å². The zero-order chi connectivity index (χ0) is 14.9. The van der Waals surface area contributed by atoms with Gasteiger partial charge in [-0.25, -0.2) is 4.98 Å². The molecule has 3 heteroatoms. The fourth-order valence-electron chi connectivity index (χ4n) is 2.53. The van der Waals surface area contributed by atoms with E-state index in [0.29, 0.717) is 0 Å². The Kier molecular flexibility index (Phi) is 6.74. The molecule has 1 aromatic heterocycles. The molecule has 0 fully saturated rings. The first-order chi connectivity index (χ1) is 10.3. The normalized spacial score (nSPS) is 10.8. The minimum Gasteiger partial charge on any atom is -0.361 e. The Hall–Kier alpha value is -1.35. The second-order valence-corrected chi connectivity index (χ2v) is 6.77. The maximum absolute atomic E-state index is 4.35. The number of benzene rings is 1. The summed E-state index contributed by atoms with van der Waals surface area (Å²) in [6.45, 7) is 5.31. The van der Waals surface area contributed by atoms with Gasteiger partial charge < -0.3 is 5.32 Å². The molecule has 0 spiro atoms. The highest BCUT2D eigenvalue weighted by molar-refractivity contribution is 7.15. The number of nitrogens with one attached hydrogen (secondary N) is 1. The molecule has 0 bridgehead atoms. The van der Waals surface area contributed by atoms with Gasteiger partial charge in [-0.2, -0.15) is 0 Å². The van der Waals surface area contributed by atoms with Gasteiger partial charge in [0.2, 0.25) is 0 Å². The van der Waals surface area contributed by atoms with E-state index < -0.39 is 0 Å². The van der Waals surface area contributed by atoms with E-state index in [2.05, 4.69) is 48.4 Å². The molecular formula is C18H26N2S. The SMILES string of the molecule is CCCCCCc1ccccc1CCNc1ncc(C)s1.